The number of benzene rings is 1. The SMILES string of the molecule is C=C[C@H]1CC[C@H](C=C)C(C#N)(C#N)[C@@H]1c1ccccc1. The first-order valence-electron chi connectivity index (χ1n) is 6.86. The fourth-order valence-corrected chi connectivity index (χ4v) is 3.39. The van der Waals surface area contributed by atoms with Gasteiger partial charge in [-0.1, -0.05) is 42.5 Å². The zero-order valence-electron chi connectivity index (χ0n) is 11.5. The summed E-state index contributed by atoms with van der Waals surface area (Å²) >= 11 is 0. The summed E-state index contributed by atoms with van der Waals surface area (Å²) in [5, 5.41) is 19.5. The summed E-state index contributed by atoms with van der Waals surface area (Å²) < 4.78 is 0. The van der Waals surface area contributed by atoms with Gasteiger partial charge in [-0.05, 0) is 24.3 Å². The molecular weight excluding hydrogens is 244 g/mol. The lowest BCUT2D eigenvalue weighted by molar-refractivity contribution is 0.184. The van der Waals surface area contributed by atoms with E-state index < -0.39 is 5.41 Å². The summed E-state index contributed by atoms with van der Waals surface area (Å²) in [6.45, 7) is 7.73. The van der Waals surface area contributed by atoms with Crippen molar-refractivity contribution in [3.05, 3.63) is 61.2 Å². The number of hydrogen-bond acceptors (Lipinski definition) is 2. The number of nitriles is 2. The quantitative estimate of drug-likeness (QED) is 0.766. The lowest BCUT2D eigenvalue weighted by Gasteiger charge is -2.43. The molecule has 1 aromatic rings. The topological polar surface area (TPSA) is 47.6 Å². The Morgan fingerprint density at radius 2 is 1.70 bits per heavy atom. The van der Waals surface area contributed by atoms with Crippen molar-refractivity contribution in [1.29, 1.82) is 10.5 Å². The Hall–Kier alpha value is -2.32. The highest BCUT2D eigenvalue weighted by Gasteiger charge is 2.51. The molecule has 1 aliphatic rings. The molecule has 1 saturated carbocycles. The van der Waals surface area contributed by atoms with Crippen molar-refractivity contribution in [2.24, 2.45) is 17.3 Å². The van der Waals surface area contributed by atoms with Crippen LogP contribution in [-0.2, 0) is 0 Å². The molecule has 0 spiro atoms. The number of allylic oxidation sites excluding steroid dienone is 2. The van der Waals surface area contributed by atoms with E-state index in [0.717, 1.165) is 18.4 Å². The molecule has 0 radical (unpaired) electrons. The maximum atomic E-state index is 9.73. The van der Waals surface area contributed by atoms with Gasteiger partial charge in [0.15, 0.2) is 5.41 Å². The number of nitrogens with zero attached hydrogens (tertiary/aromatic N) is 2. The zero-order valence-corrected chi connectivity index (χ0v) is 11.5. The Kier molecular flexibility index (Phi) is 4.06. The maximum Gasteiger partial charge on any atom is 0.157 e. The Labute approximate surface area is 120 Å². The van der Waals surface area contributed by atoms with Crippen LogP contribution in [0.3, 0.4) is 0 Å². The van der Waals surface area contributed by atoms with E-state index in [1.54, 1.807) is 6.08 Å². The van der Waals surface area contributed by atoms with Crippen molar-refractivity contribution < 1.29 is 0 Å². The van der Waals surface area contributed by atoms with Crippen LogP contribution in [0.1, 0.15) is 24.3 Å². The molecule has 1 aromatic carbocycles. The predicted octanol–water partition coefficient (Wildman–Crippen LogP) is 4.20. The van der Waals surface area contributed by atoms with Gasteiger partial charge in [-0.2, -0.15) is 10.5 Å². The first-order valence-corrected chi connectivity index (χ1v) is 6.86. The third-order valence-corrected chi connectivity index (χ3v) is 4.43. The lowest BCUT2D eigenvalue weighted by Crippen LogP contribution is -2.41. The van der Waals surface area contributed by atoms with Crippen LogP contribution in [-0.4, -0.2) is 0 Å². The summed E-state index contributed by atoms with van der Waals surface area (Å²) in [5.41, 5.74) is -0.0210. The van der Waals surface area contributed by atoms with Crippen LogP contribution in [0.25, 0.3) is 0 Å². The smallest absolute Gasteiger partial charge is 0.157 e. The molecule has 2 heteroatoms. The van der Waals surface area contributed by atoms with Gasteiger partial charge in [0.25, 0.3) is 0 Å². The van der Waals surface area contributed by atoms with Crippen LogP contribution in [0, 0.1) is 39.9 Å². The van der Waals surface area contributed by atoms with Crippen LogP contribution in [0.4, 0.5) is 0 Å². The summed E-state index contributed by atoms with van der Waals surface area (Å²) in [7, 11) is 0. The minimum absolute atomic E-state index is 0.0982. The van der Waals surface area contributed by atoms with Crippen LogP contribution in [0.15, 0.2) is 55.6 Å². The fourth-order valence-electron chi connectivity index (χ4n) is 3.39. The first kappa shape index (κ1) is 14.1. The summed E-state index contributed by atoms with van der Waals surface area (Å²) in [5.74, 6) is -0.0974. The molecule has 1 fully saturated rings. The van der Waals surface area contributed by atoms with Gasteiger partial charge in [-0.25, -0.2) is 0 Å². The minimum atomic E-state index is -1.06. The standard InChI is InChI=1S/C18H18N2/c1-3-14-10-11-16(4-2)18(12-19,13-20)17(14)15-8-6-5-7-9-15/h3-9,14,16-17H,1-2,10-11H2/t14-,16-,17-/m0/s1. The summed E-state index contributed by atoms with van der Waals surface area (Å²) in [6, 6.07) is 14.4. The molecule has 3 atom stereocenters. The zero-order chi connectivity index (χ0) is 14.6. The molecule has 100 valence electrons. The Morgan fingerprint density at radius 1 is 1.05 bits per heavy atom. The molecule has 0 heterocycles. The molecule has 0 aromatic heterocycles. The Balaban J connectivity index is 2.61. The van der Waals surface area contributed by atoms with Crippen LogP contribution < -0.4 is 0 Å². The first-order chi connectivity index (χ1) is 9.73. The van der Waals surface area contributed by atoms with E-state index >= 15 is 0 Å². The second kappa shape index (κ2) is 5.76. The predicted molar refractivity (Wildman–Crippen MR) is 79.5 cm³/mol. The number of rotatable bonds is 3. The van der Waals surface area contributed by atoms with Crippen LogP contribution >= 0.6 is 0 Å². The van der Waals surface area contributed by atoms with Crippen molar-refractivity contribution in [1.82, 2.24) is 0 Å². The van der Waals surface area contributed by atoms with Crippen molar-refractivity contribution in [3.63, 3.8) is 0 Å². The maximum absolute atomic E-state index is 9.73. The fraction of sp³-hybridized carbons (Fsp3) is 0.333. The molecule has 20 heavy (non-hydrogen) atoms. The molecule has 0 amide bonds. The third-order valence-electron chi connectivity index (χ3n) is 4.43. The van der Waals surface area contributed by atoms with Gasteiger partial charge in [0.05, 0.1) is 12.1 Å². The van der Waals surface area contributed by atoms with Gasteiger partial charge in [-0.3, -0.25) is 0 Å². The van der Waals surface area contributed by atoms with E-state index in [4.69, 9.17) is 0 Å². The van der Waals surface area contributed by atoms with E-state index in [9.17, 15) is 10.5 Å². The van der Waals surface area contributed by atoms with Gasteiger partial charge in [0, 0.05) is 11.8 Å². The summed E-state index contributed by atoms with van der Waals surface area (Å²) in [4.78, 5) is 0. The second-order valence-corrected chi connectivity index (χ2v) is 5.30. The average molecular weight is 262 g/mol. The highest BCUT2D eigenvalue weighted by Crippen LogP contribution is 2.53. The van der Waals surface area contributed by atoms with E-state index in [-0.39, 0.29) is 17.8 Å². The highest BCUT2D eigenvalue weighted by molar-refractivity contribution is 5.36. The molecule has 0 saturated heterocycles. The van der Waals surface area contributed by atoms with Crippen molar-refractivity contribution >= 4 is 0 Å². The molecular formula is C18H18N2. The minimum Gasteiger partial charge on any atom is -0.197 e. The normalized spacial score (nSPS) is 27.8. The number of hydrogen-bond donors (Lipinski definition) is 0. The highest BCUT2D eigenvalue weighted by atomic mass is 14.5. The second-order valence-electron chi connectivity index (χ2n) is 5.30. The lowest BCUT2D eigenvalue weighted by atomic mass is 9.56. The molecule has 0 N–H and O–H groups in total. The molecule has 1 aliphatic carbocycles. The Morgan fingerprint density at radius 3 is 2.20 bits per heavy atom. The van der Waals surface area contributed by atoms with E-state index in [0.29, 0.717) is 0 Å². The van der Waals surface area contributed by atoms with Crippen molar-refractivity contribution in [2.45, 2.75) is 18.8 Å². The van der Waals surface area contributed by atoms with Gasteiger partial charge in [0.1, 0.15) is 0 Å². The van der Waals surface area contributed by atoms with E-state index in [1.165, 1.54) is 0 Å². The Bertz CT molecular complexity index is 560. The molecule has 2 nitrogen and oxygen atoms in total. The van der Waals surface area contributed by atoms with Gasteiger partial charge >= 0.3 is 0 Å². The van der Waals surface area contributed by atoms with E-state index in [2.05, 4.69) is 25.3 Å². The van der Waals surface area contributed by atoms with Crippen molar-refractivity contribution in [2.75, 3.05) is 0 Å². The monoisotopic (exact) mass is 262 g/mol. The van der Waals surface area contributed by atoms with Gasteiger partial charge in [0.2, 0.25) is 0 Å². The molecule has 0 aliphatic heterocycles. The summed E-state index contributed by atoms with van der Waals surface area (Å²) in [6.07, 6.45) is 5.40. The van der Waals surface area contributed by atoms with Crippen LogP contribution in [0.5, 0.6) is 0 Å². The molecule has 0 bridgehead atoms. The van der Waals surface area contributed by atoms with Crippen molar-refractivity contribution in [3.8, 4) is 12.1 Å². The van der Waals surface area contributed by atoms with Gasteiger partial charge in [-0.15, -0.1) is 13.2 Å². The van der Waals surface area contributed by atoms with E-state index in [1.807, 2.05) is 36.4 Å². The van der Waals surface area contributed by atoms with Gasteiger partial charge < -0.3 is 0 Å². The van der Waals surface area contributed by atoms with Crippen LogP contribution in [0.2, 0.25) is 0 Å². The molecule has 2 rings (SSSR count). The average Bonchev–Trinajstić information content (AvgIpc) is 2.53. The molecule has 0 unspecified atom stereocenters. The largest absolute Gasteiger partial charge is 0.197 e. The third kappa shape index (κ3) is 2.04.